The summed E-state index contributed by atoms with van der Waals surface area (Å²) in [4.78, 5) is 29.7. The van der Waals surface area contributed by atoms with E-state index in [0.29, 0.717) is 16.3 Å². The zero-order valence-corrected chi connectivity index (χ0v) is 27.4. The lowest BCUT2D eigenvalue weighted by Crippen LogP contribution is -2.52. The Kier molecular flexibility index (Phi) is 13.8. The normalized spacial score (nSPS) is 13.7. The molecule has 3 aromatic rings. The molecule has 2 aromatic carbocycles. The topological polar surface area (TPSA) is 155 Å². The van der Waals surface area contributed by atoms with Crippen LogP contribution in [0, 0.1) is 11.6 Å². The largest absolute Gasteiger partial charge is 0.474 e. The van der Waals surface area contributed by atoms with Gasteiger partial charge in [0.1, 0.15) is 24.1 Å². The van der Waals surface area contributed by atoms with E-state index in [2.05, 4.69) is 15.7 Å². The molecule has 0 saturated heterocycles. The van der Waals surface area contributed by atoms with Crippen molar-refractivity contribution in [3.05, 3.63) is 70.9 Å². The first-order chi connectivity index (χ1) is 21.4. The van der Waals surface area contributed by atoms with E-state index in [1.165, 1.54) is 56.6 Å². The Labute approximate surface area is 263 Å². The van der Waals surface area contributed by atoms with Crippen LogP contribution in [0.3, 0.4) is 0 Å². The molecule has 45 heavy (non-hydrogen) atoms. The van der Waals surface area contributed by atoms with Crippen molar-refractivity contribution < 1.29 is 50.3 Å². The number of hydrogen-bond acceptors (Lipinski definition) is 11. The van der Waals surface area contributed by atoms with E-state index in [1.54, 1.807) is 6.07 Å². The molecule has 0 bridgehead atoms. The Morgan fingerprint density at radius 3 is 2.51 bits per heavy atom. The molecule has 246 valence electrons. The summed E-state index contributed by atoms with van der Waals surface area (Å²) < 4.78 is 78.5. The maximum absolute atomic E-state index is 14.0. The highest BCUT2D eigenvalue weighted by molar-refractivity contribution is 7.48. The summed E-state index contributed by atoms with van der Waals surface area (Å²) in [5, 5.41) is 4.50. The highest BCUT2D eigenvalue weighted by Crippen LogP contribution is 2.50. The molecule has 0 aliphatic heterocycles. The van der Waals surface area contributed by atoms with Crippen LogP contribution in [0.5, 0.6) is 0 Å². The first kappa shape index (κ1) is 36.5. The lowest BCUT2D eigenvalue weighted by Gasteiger charge is -2.33. The predicted octanol–water partition coefficient (Wildman–Crippen LogP) is 5.93. The summed E-state index contributed by atoms with van der Waals surface area (Å²) in [6.45, 7) is 0.620. The van der Waals surface area contributed by atoms with Crippen LogP contribution in [-0.2, 0) is 43.3 Å². The number of fused-ring (bicyclic) bond motifs is 1. The Hall–Kier alpha value is -3.00. The number of halogens is 3. The predicted molar refractivity (Wildman–Crippen MR) is 163 cm³/mol. The molecule has 0 saturated carbocycles. The second kappa shape index (κ2) is 17.1. The van der Waals surface area contributed by atoms with Gasteiger partial charge in [-0.25, -0.2) is 28.6 Å². The van der Waals surface area contributed by atoms with Gasteiger partial charge in [0.2, 0.25) is 5.91 Å². The molecule has 13 nitrogen and oxygen atoms in total. The zero-order valence-electron chi connectivity index (χ0n) is 24.8. The van der Waals surface area contributed by atoms with E-state index < -0.39 is 58.2 Å². The molecule has 2 amide bonds. The minimum absolute atomic E-state index is 0.0676. The lowest BCUT2D eigenvalue weighted by molar-refractivity contribution is -0.137. The number of nitrogens with one attached hydrogen (secondary N) is 2. The minimum atomic E-state index is -4.11. The Morgan fingerprint density at radius 1 is 1.11 bits per heavy atom. The standard InChI is InChI=1S/C27H33ClF2N4O9P2/c1-17(35)34(32-14-19-6-5-7-24(30)26(19)28)22(12-23(16-44(37)39-2)43-45(38,40-3)41-4)15-42-27(36)33-25-11-20-10-21(29)9-8-18(20)13-31-25/h5-11,13,22-23,32,44H,12,14-16H2,1-4H3,(H,31,33,36)/t22-,23?/m0/s1. The molecular formula is C27H33ClF2N4O9P2. The fraction of sp³-hybridized carbons (Fsp3) is 0.370. The van der Waals surface area contributed by atoms with Gasteiger partial charge in [0, 0.05) is 59.0 Å². The third-order valence-corrected chi connectivity index (χ3v) is 9.50. The maximum Gasteiger partial charge on any atom is 0.474 e. The average Bonchev–Trinajstić information content (AvgIpc) is 3.01. The third kappa shape index (κ3) is 10.8. The SMILES string of the molecule is CO[PH](=O)CC(C[C@@H](COC(=O)Nc1cc2cc(F)ccc2cn1)N(NCc1cccc(F)c1Cl)C(C)=O)OP(=O)(OC)OC. The summed E-state index contributed by atoms with van der Waals surface area (Å²) in [7, 11) is -3.42. The van der Waals surface area contributed by atoms with Crippen molar-refractivity contribution in [2.75, 3.05) is 39.4 Å². The monoisotopic (exact) mass is 692 g/mol. The molecule has 18 heteroatoms. The summed E-state index contributed by atoms with van der Waals surface area (Å²) in [5.74, 6) is -1.63. The number of benzene rings is 2. The summed E-state index contributed by atoms with van der Waals surface area (Å²) in [5.41, 5.74) is 3.17. The average molecular weight is 693 g/mol. The Balaban J connectivity index is 1.86. The highest BCUT2D eigenvalue weighted by atomic mass is 35.5. The number of anilines is 1. The number of phosphoric ester groups is 1. The van der Waals surface area contributed by atoms with Gasteiger partial charge in [-0.2, -0.15) is 0 Å². The van der Waals surface area contributed by atoms with Crippen LogP contribution >= 0.6 is 27.5 Å². The van der Waals surface area contributed by atoms with Crippen molar-refractivity contribution in [2.24, 2.45) is 0 Å². The van der Waals surface area contributed by atoms with Gasteiger partial charge in [-0.1, -0.05) is 23.7 Å². The molecule has 2 N–H and O–H groups in total. The number of hydrogen-bond donors (Lipinski definition) is 2. The number of phosphoric acid groups is 1. The van der Waals surface area contributed by atoms with Crippen molar-refractivity contribution in [1.82, 2.24) is 15.4 Å². The van der Waals surface area contributed by atoms with Gasteiger partial charge in [-0.05, 0) is 41.3 Å². The summed E-state index contributed by atoms with van der Waals surface area (Å²) in [6.07, 6.45) is -1.17. The number of rotatable bonds is 16. The number of amides is 2. The van der Waals surface area contributed by atoms with E-state index in [0.717, 1.165) is 19.2 Å². The van der Waals surface area contributed by atoms with Gasteiger partial charge in [0.25, 0.3) is 0 Å². The Morgan fingerprint density at radius 2 is 1.84 bits per heavy atom. The van der Waals surface area contributed by atoms with E-state index >= 15 is 0 Å². The molecule has 2 unspecified atom stereocenters. The van der Waals surface area contributed by atoms with Gasteiger partial charge in [-0.15, -0.1) is 0 Å². The van der Waals surface area contributed by atoms with E-state index in [9.17, 15) is 27.5 Å². The van der Waals surface area contributed by atoms with Gasteiger partial charge >= 0.3 is 13.9 Å². The van der Waals surface area contributed by atoms with E-state index in [1.807, 2.05) is 0 Å². The molecule has 0 radical (unpaired) electrons. The Bertz CT molecular complexity index is 1560. The van der Waals surface area contributed by atoms with E-state index in [-0.39, 0.29) is 30.0 Å². The van der Waals surface area contributed by atoms with Crippen LogP contribution in [0.25, 0.3) is 10.8 Å². The van der Waals surface area contributed by atoms with Crippen molar-refractivity contribution in [3.63, 3.8) is 0 Å². The summed E-state index contributed by atoms with van der Waals surface area (Å²) in [6, 6.07) is 8.64. The first-order valence-corrected chi connectivity index (χ1v) is 16.7. The van der Waals surface area contributed by atoms with Crippen LogP contribution in [0.15, 0.2) is 48.7 Å². The fourth-order valence-electron chi connectivity index (χ4n) is 4.17. The lowest BCUT2D eigenvalue weighted by atomic mass is 10.1. The minimum Gasteiger partial charge on any atom is -0.447 e. The van der Waals surface area contributed by atoms with E-state index in [4.69, 9.17) is 34.4 Å². The second-order valence-electron chi connectivity index (χ2n) is 9.43. The molecule has 0 spiro atoms. The van der Waals surface area contributed by atoms with Crippen molar-refractivity contribution >= 4 is 56.0 Å². The van der Waals surface area contributed by atoms with Crippen LogP contribution in [0.4, 0.5) is 19.4 Å². The molecule has 3 rings (SSSR count). The van der Waals surface area contributed by atoms with Crippen LogP contribution in [0.1, 0.15) is 18.9 Å². The molecule has 0 aliphatic carbocycles. The number of carbonyl (C=O) groups excluding carboxylic acids is 2. The number of ether oxygens (including phenoxy) is 1. The number of carbonyl (C=O) groups is 2. The number of nitrogens with zero attached hydrogens (tertiary/aromatic N) is 2. The van der Waals surface area contributed by atoms with Gasteiger partial charge in [0.15, 0.2) is 8.03 Å². The molecule has 3 atom stereocenters. The molecular weight excluding hydrogens is 660 g/mol. The molecule has 0 aliphatic rings. The molecule has 1 aromatic heterocycles. The number of hydrazine groups is 1. The van der Waals surface area contributed by atoms with Crippen LogP contribution in [0.2, 0.25) is 5.02 Å². The zero-order chi connectivity index (χ0) is 33.1. The van der Waals surface area contributed by atoms with Gasteiger partial charge in [0.05, 0.1) is 17.2 Å². The van der Waals surface area contributed by atoms with Gasteiger partial charge < -0.3 is 9.26 Å². The maximum atomic E-state index is 14.0. The quantitative estimate of drug-likeness (QED) is 0.136. The third-order valence-electron chi connectivity index (χ3n) is 6.38. The fourth-order valence-corrected chi connectivity index (χ4v) is 6.14. The second-order valence-corrected chi connectivity index (χ2v) is 13.2. The number of aromatic nitrogens is 1. The first-order valence-electron chi connectivity index (χ1n) is 13.3. The highest BCUT2D eigenvalue weighted by Gasteiger charge is 2.34. The van der Waals surface area contributed by atoms with Crippen LogP contribution in [-0.4, -0.2) is 68.2 Å². The van der Waals surface area contributed by atoms with Crippen molar-refractivity contribution in [3.8, 4) is 0 Å². The smallest absolute Gasteiger partial charge is 0.447 e. The van der Waals surface area contributed by atoms with Gasteiger partial charge in [-0.3, -0.25) is 33.3 Å². The van der Waals surface area contributed by atoms with Crippen molar-refractivity contribution in [1.29, 1.82) is 0 Å². The number of pyridine rings is 1. The van der Waals surface area contributed by atoms with Crippen molar-refractivity contribution in [2.45, 2.75) is 32.0 Å². The molecule has 1 heterocycles. The molecule has 0 fully saturated rings. The summed E-state index contributed by atoms with van der Waals surface area (Å²) >= 11 is 6.08. The van der Waals surface area contributed by atoms with Crippen LogP contribution < -0.4 is 10.7 Å².